The Labute approximate surface area is 157 Å². The highest BCUT2D eigenvalue weighted by Crippen LogP contribution is 2.24. The van der Waals surface area contributed by atoms with Gasteiger partial charge in [-0.2, -0.15) is 0 Å². The molecule has 0 unspecified atom stereocenters. The fraction of sp³-hybridized carbons (Fsp3) is 0.650. The summed E-state index contributed by atoms with van der Waals surface area (Å²) >= 11 is 0. The molecule has 0 spiro atoms. The van der Waals surface area contributed by atoms with Gasteiger partial charge in [0.15, 0.2) is 5.96 Å². The lowest BCUT2D eigenvalue weighted by atomic mass is 9.84. The quantitative estimate of drug-likeness (QED) is 0.339. The summed E-state index contributed by atoms with van der Waals surface area (Å²) in [6.45, 7) is 9.97. The zero-order chi connectivity index (χ0) is 19.3. The molecule has 0 aliphatic heterocycles. The van der Waals surface area contributed by atoms with Crippen LogP contribution in [0.4, 0.5) is 4.39 Å². The van der Waals surface area contributed by atoms with E-state index in [-0.39, 0.29) is 11.2 Å². The van der Waals surface area contributed by atoms with Gasteiger partial charge in [-0.25, -0.2) is 4.39 Å². The number of nitrogens with one attached hydrogen (secondary N) is 2. The van der Waals surface area contributed by atoms with E-state index in [9.17, 15) is 4.39 Å². The van der Waals surface area contributed by atoms with E-state index in [1.54, 1.807) is 13.1 Å². The molecule has 2 N–H and O–H groups in total. The third-order valence-electron chi connectivity index (χ3n) is 4.08. The Hall–Kier alpha value is -1.66. The van der Waals surface area contributed by atoms with Gasteiger partial charge in [-0.1, -0.05) is 45.4 Å². The monoisotopic (exact) mass is 367 g/mol. The number of hydrogen-bond donors (Lipinski definition) is 2. The number of rotatable bonds is 12. The molecule has 1 aromatic carbocycles. The molecule has 0 saturated carbocycles. The third-order valence-corrected chi connectivity index (χ3v) is 4.08. The summed E-state index contributed by atoms with van der Waals surface area (Å²) in [7, 11) is 1.72. The third kappa shape index (κ3) is 8.63. The number of guanidine groups is 1. The number of unbranched alkanes of at least 4 members (excludes halogenated alkanes) is 1. The lowest BCUT2D eigenvalue weighted by Crippen LogP contribution is -2.44. The van der Waals surface area contributed by atoms with E-state index in [1.165, 1.54) is 6.07 Å². The van der Waals surface area contributed by atoms with Crippen molar-refractivity contribution in [2.24, 2.45) is 4.99 Å². The number of nitrogens with zero attached hydrogens (tertiary/aromatic N) is 1. The van der Waals surface area contributed by atoms with Crippen LogP contribution in [0.2, 0.25) is 0 Å². The topological polar surface area (TPSA) is 54.9 Å². The van der Waals surface area contributed by atoms with E-state index >= 15 is 0 Å². The zero-order valence-corrected chi connectivity index (χ0v) is 16.6. The predicted octanol–water partition coefficient (Wildman–Crippen LogP) is 3.10. The molecule has 0 radical (unpaired) electrons. The van der Waals surface area contributed by atoms with Crippen molar-refractivity contribution in [3.8, 4) is 0 Å². The smallest absolute Gasteiger partial charge is 0.191 e. The molecular formula is C20H34FN3O2. The number of ether oxygens (including phenoxy) is 2. The van der Waals surface area contributed by atoms with E-state index in [2.05, 4.69) is 22.5 Å². The molecule has 148 valence electrons. The Balaban J connectivity index is 2.24. The van der Waals surface area contributed by atoms with Crippen LogP contribution < -0.4 is 10.6 Å². The van der Waals surface area contributed by atoms with Gasteiger partial charge in [-0.05, 0) is 18.1 Å². The van der Waals surface area contributed by atoms with Gasteiger partial charge < -0.3 is 20.1 Å². The normalized spacial score (nSPS) is 12.3. The zero-order valence-electron chi connectivity index (χ0n) is 16.6. The van der Waals surface area contributed by atoms with Crippen LogP contribution in [0, 0.1) is 5.82 Å². The average Bonchev–Trinajstić information content (AvgIpc) is 2.63. The molecule has 5 nitrogen and oxygen atoms in total. The van der Waals surface area contributed by atoms with Crippen LogP contribution in [-0.2, 0) is 14.9 Å². The summed E-state index contributed by atoms with van der Waals surface area (Å²) in [4.78, 5) is 4.20. The molecule has 1 aromatic rings. The standard InChI is InChI=1S/C20H34FN3O2/c1-5-6-12-25-14-15-26-13-11-23-19(22-4)24-16-20(2,3)17-9-7-8-10-18(17)21/h7-10H,5-6,11-16H2,1-4H3,(H2,22,23,24). The fourth-order valence-electron chi connectivity index (χ4n) is 2.44. The van der Waals surface area contributed by atoms with Gasteiger partial charge in [0, 0.05) is 32.2 Å². The Morgan fingerprint density at radius 1 is 1.08 bits per heavy atom. The van der Waals surface area contributed by atoms with E-state index < -0.39 is 0 Å². The molecule has 0 aromatic heterocycles. The van der Waals surface area contributed by atoms with E-state index in [0.717, 1.165) is 19.4 Å². The van der Waals surface area contributed by atoms with Crippen molar-refractivity contribution in [1.29, 1.82) is 0 Å². The maximum Gasteiger partial charge on any atom is 0.191 e. The second-order valence-electron chi connectivity index (χ2n) is 6.79. The fourth-order valence-corrected chi connectivity index (χ4v) is 2.44. The lowest BCUT2D eigenvalue weighted by Gasteiger charge is -2.27. The Bertz CT molecular complexity index is 536. The van der Waals surface area contributed by atoms with Crippen LogP contribution in [0.5, 0.6) is 0 Å². The maximum atomic E-state index is 14.0. The minimum absolute atomic E-state index is 0.184. The highest BCUT2D eigenvalue weighted by Gasteiger charge is 2.24. The first kappa shape index (κ1) is 22.4. The van der Waals surface area contributed by atoms with Crippen molar-refractivity contribution in [3.63, 3.8) is 0 Å². The highest BCUT2D eigenvalue weighted by molar-refractivity contribution is 5.79. The van der Waals surface area contributed by atoms with Crippen molar-refractivity contribution in [3.05, 3.63) is 35.6 Å². The SMILES string of the molecule is CCCCOCCOCCNC(=NC)NCC(C)(C)c1ccccc1F. The van der Waals surface area contributed by atoms with Gasteiger partial charge in [0.25, 0.3) is 0 Å². The molecule has 0 bridgehead atoms. The second kappa shape index (κ2) is 12.7. The Kier molecular flexibility index (Phi) is 10.9. The van der Waals surface area contributed by atoms with Gasteiger partial charge in [0.1, 0.15) is 5.82 Å². The first-order chi connectivity index (χ1) is 12.5. The number of benzene rings is 1. The van der Waals surface area contributed by atoms with Gasteiger partial charge in [0.05, 0.1) is 19.8 Å². The summed E-state index contributed by atoms with van der Waals surface area (Å²) in [6.07, 6.45) is 2.23. The predicted molar refractivity (Wildman–Crippen MR) is 105 cm³/mol. The molecule has 0 aliphatic rings. The first-order valence-electron chi connectivity index (χ1n) is 9.36. The molecule has 0 heterocycles. The molecule has 26 heavy (non-hydrogen) atoms. The molecule has 1 rings (SSSR count). The number of halogens is 1. The number of hydrogen-bond acceptors (Lipinski definition) is 3. The molecule has 0 aliphatic carbocycles. The molecule has 6 heteroatoms. The second-order valence-corrected chi connectivity index (χ2v) is 6.79. The van der Waals surface area contributed by atoms with Crippen molar-refractivity contribution < 1.29 is 13.9 Å². The highest BCUT2D eigenvalue weighted by atomic mass is 19.1. The molecule has 0 amide bonds. The van der Waals surface area contributed by atoms with Crippen molar-refractivity contribution in [1.82, 2.24) is 10.6 Å². The molecule has 0 fully saturated rings. The summed E-state index contributed by atoms with van der Waals surface area (Å²) in [5.41, 5.74) is 0.337. The summed E-state index contributed by atoms with van der Waals surface area (Å²) in [5, 5.41) is 6.45. The van der Waals surface area contributed by atoms with Gasteiger partial charge in [0.2, 0.25) is 0 Å². The number of aliphatic imine (C=N–C) groups is 1. The molecule has 0 atom stereocenters. The van der Waals surface area contributed by atoms with Crippen LogP contribution in [-0.4, -0.2) is 52.5 Å². The molecular weight excluding hydrogens is 333 g/mol. The van der Waals surface area contributed by atoms with Crippen molar-refractivity contribution in [2.45, 2.75) is 39.0 Å². The van der Waals surface area contributed by atoms with Gasteiger partial charge in [-0.15, -0.1) is 0 Å². The van der Waals surface area contributed by atoms with Gasteiger partial charge >= 0.3 is 0 Å². The van der Waals surface area contributed by atoms with Crippen LogP contribution in [0.3, 0.4) is 0 Å². The Morgan fingerprint density at radius 2 is 1.77 bits per heavy atom. The van der Waals surface area contributed by atoms with E-state index in [1.807, 2.05) is 26.0 Å². The van der Waals surface area contributed by atoms with E-state index in [0.29, 0.717) is 44.4 Å². The minimum Gasteiger partial charge on any atom is -0.379 e. The minimum atomic E-state index is -0.352. The van der Waals surface area contributed by atoms with Crippen LogP contribution in [0.1, 0.15) is 39.2 Å². The van der Waals surface area contributed by atoms with Crippen molar-refractivity contribution in [2.75, 3.05) is 46.6 Å². The maximum absolute atomic E-state index is 14.0. The summed E-state index contributed by atoms with van der Waals surface area (Å²) in [6, 6.07) is 6.88. The van der Waals surface area contributed by atoms with Gasteiger partial charge in [-0.3, -0.25) is 4.99 Å². The Morgan fingerprint density at radius 3 is 2.42 bits per heavy atom. The van der Waals surface area contributed by atoms with Crippen LogP contribution in [0.15, 0.2) is 29.3 Å². The molecule has 0 saturated heterocycles. The summed E-state index contributed by atoms with van der Waals surface area (Å²) in [5.74, 6) is 0.494. The van der Waals surface area contributed by atoms with Crippen LogP contribution >= 0.6 is 0 Å². The van der Waals surface area contributed by atoms with E-state index in [4.69, 9.17) is 9.47 Å². The average molecular weight is 368 g/mol. The first-order valence-corrected chi connectivity index (χ1v) is 9.36. The largest absolute Gasteiger partial charge is 0.379 e. The summed E-state index contributed by atoms with van der Waals surface area (Å²) < 4.78 is 25.0. The van der Waals surface area contributed by atoms with Crippen molar-refractivity contribution >= 4 is 5.96 Å². The van der Waals surface area contributed by atoms with Crippen LogP contribution in [0.25, 0.3) is 0 Å². The lowest BCUT2D eigenvalue weighted by molar-refractivity contribution is 0.0487.